The quantitative estimate of drug-likeness (QED) is 0.0332. The van der Waals surface area contributed by atoms with Gasteiger partial charge >= 0.3 is 11.9 Å². The van der Waals surface area contributed by atoms with Gasteiger partial charge in [-0.15, -0.1) is 0 Å². The summed E-state index contributed by atoms with van der Waals surface area (Å²) in [5.41, 5.74) is 0. The molecule has 7 heteroatoms. The number of allylic oxidation sites excluding steroid dienone is 5. The highest BCUT2D eigenvalue weighted by Crippen LogP contribution is 2.16. The molecule has 0 saturated carbocycles. The molecule has 0 aliphatic carbocycles. The van der Waals surface area contributed by atoms with E-state index < -0.39 is 30.9 Å². The lowest BCUT2D eigenvalue weighted by Gasteiger charge is -2.17. The molecule has 0 aromatic carbocycles. The van der Waals surface area contributed by atoms with Crippen molar-refractivity contribution in [2.45, 2.75) is 212 Å². The molecule has 7 nitrogen and oxygen atoms in total. The lowest BCUT2D eigenvalue weighted by atomic mass is 10.0. The van der Waals surface area contributed by atoms with Crippen molar-refractivity contribution in [3.8, 4) is 0 Å². The van der Waals surface area contributed by atoms with Gasteiger partial charge in [-0.05, 0) is 57.3 Å². The first kappa shape index (κ1) is 49.0. The molecule has 0 aliphatic rings. The average molecular weight is 721 g/mol. The Kier molecular flexibility index (Phi) is 36.3. The maximum atomic E-state index is 12.2. The lowest BCUT2D eigenvalue weighted by Crippen LogP contribution is -2.29. The molecule has 0 amide bonds. The van der Waals surface area contributed by atoms with Gasteiger partial charge in [-0.25, -0.2) is 0 Å². The topological polar surface area (TPSA) is 113 Å². The van der Waals surface area contributed by atoms with Gasteiger partial charge in [0.15, 0.2) is 6.10 Å². The second-order valence-corrected chi connectivity index (χ2v) is 14.9. The van der Waals surface area contributed by atoms with E-state index in [0.29, 0.717) is 19.3 Å². The second-order valence-electron chi connectivity index (χ2n) is 14.9. The van der Waals surface area contributed by atoms with Crippen LogP contribution in [0, 0.1) is 5.92 Å². The molecule has 0 aliphatic heterocycles. The highest BCUT2D eigenvalue weighted by atomic mass is 16.6. The smallest absolute Gasteiger partial charge is 0.306 e. The van der Waals surface area contributed by atoms with Crippen molar-refractivity contribution >= 4 is 11.9 Å². The molecule has 0 bridgehead atoms. The highest BCUT2D eigenvalue weighted by Gasteiger charge is 2.18. The summed E-state index contributed by atoms with van der Waals surface area (Å²) in [7, 11) is 0. The molecule has 3 N–H and O–H groups in total. The Balaban J connectivity index is 3.76. The molecule has 0 fully saturated rings. The van der Waals surface area contributed by atoms with E-state index in [0.717, 1.165) is 44.4 Å². The van der Waals surface area contributed by atoms with E-state index in [1.807, 2.05) is 12.2 Å². The third kappa shape index (κ3) is 36.2. The molecule has 0 rings (SSSR count). The standard InChI is InChI=1S/C44H80O7/c1-4-5-6-7-8-9-10-17-20-23-26-29-33-41(46)42(47)34-31-36-44(49)51-40(37-45)38-50-43(48)35-30-27-24-21-18-15-13-11-12-14-16-19-22-25-28-32-39(2)3/h8-9,17,20,26,29,39-42,45-47H,4-7,10-16,18-19,21-25,27-28,30-38H2,1-3H3/b9-8-,20-17-,29-26-/t40-,41?,42?/m0/s1. The van der Waals surface area contributed by atoms with Crippen molar-refractivity contribution in [3.63, 3.8) is 0 Å². The van der Waals surface area contributed by atoms with Crippen LogP contribution in [0.25, 0.3) is 0 Å². The van der Waals surface area contributed by atoms with Gasteiger partial charge in [-0.1, -0.05) is 166 Å². The summed E-state index contributed by atoms with van der Waals surface area (Å²) in [6.45, 7) is 6.22. The van der Waals surface area contributed by atoms with E-state index in [9.17, 15) is 24.9 Å². The molecular weight excluding hydrogens is 640 g/mol. The molecule has 0 aromatic rings. The van der Waals surface area contributed by atoms with E-state index in [4.69, 9.17) is 9.47 Å². The monoisotopic (exact) mass is 721 g/mol. The number of hydrogen-bond donors (Lipinski definition) is 3. The van der Waals surface area contributed by atoms with Gasteiger partial charge in [0.05, 0.1) is 18.8 Å². The van der Waals surface area contributed by atoms with Crippen LogP contribution in [0.3, 0.4) is 0 Å². The van der Waals surface area contributed by atoms with Gasteiger partial charge in [-0.3, -0.25) is 9.59 Å². The Hall–Kier alpha value is -1.96. The fraction of sp³-hybridized carbons (Fsp3) is 0.818. The number of carbonyl (C=O) groups is 2. The molecule has 0 radical (unpaired) electrons. The zero-order valence-corrected chi connectivity index (χ0v) is 33.3. The molecule has 0 spiro atoms. The minimum atomic E-state index is -0.941. The van der Waals surface area contributed by atoms with Crippen molar-refractivity contribution in [2.75, 3.05) is 13.2 Å². The fourth-order valence-electron chi connectivity index (χ4n) is 5.96. The van der Waals surface area contributed by atoms with Gasteiger partial charge in [0.25, 0.3) is 0 Å². The van der Waals surface area contributed by atoms with Crippen molar-refractivity contribution in [2.24, 2.45) is 5.92 Å². The largest absolute Gasteiger partial charge is 0.462 e. The molecule has 3 atom stereocenters. The number of carbonyl (C=O) groups excluding carboxylic acids is 2. The van der Waals surface area contributed by atoms with E-state index in [-0.39, 0.29) is 25.4 Å². The summed E-state index contributed by atoms with van der Waals surface area (Å²) in [5, 5.41) is 30.0. The zero-order chi connectivity index (χ0) is 37.6. The third-order valence-corrected chi connectivity index (χ3v) is 9.32. The fourth-order valence-corrected chi connectivity index (χ4v) is 5.96. The molecule has 0 saturated heterocycles. The van der Waals surface area contributed by atoms with E-state index in [1.165, 1.54) is 103 Å². The van der Waals surface area contributed by atoms with Gasteiger partial charge in [0.2, 0.25) is 0 Å². The third-order valence-electron chi connectivity index (χ3n) is 9.32. The number of rotatable bonds is 37. The van der Waals surface area contributed by atoms with Crippen LogP contribution >= 0.6 is 0 Å². The van der Waals surface area contributed by atoms with E-state index >= 15 is 0 Å². The number of esters is 2. The second kappa shape index (κ2) is 37.8. The van der Waals surface area contributed by atoms with Crippen LogP contribution in [0.2, 0.25) is 0 Å². The molecule has 0 aromatic heterocycles. The Bertz CT molecular complexity index is 866. The summed E-state index contributed by atoms with van der Waals surface area (Å²) < 4.78 is 10.5. The van der Waals surface area contributed by atoms with Crippen molar-refractivity contribution in [3.05, 3.63) is 36.5 Å². The number of ether oxygens (including phenoxy) is 2. The van der Waals surface area contributed by atoms with Gasteiger partial charge < -0.3 is 24.8 Å². The summed E-state index contributed by atoms with van der Waals surface area (Å²) in [4.78, 5) is 24.3. The van der Waals surface area contributed by atoms with Crippen molar-refractivity contribution < 1.29 is 34.4 Å². The predicted molar refractivity (Wildman–Crippen MR) is 213 cm³/mol. The summed E-state index contributed by atoms with van der Waals surface area (Å²) in [6.07, 6.45) is 38.1. The first-order chi connectivity index (χ1) is 24.8. The minimum absolute atomic E-state index is 0.0423. The number of unbranched alkanes of at least 4 members (excludes halogenated alkanes) is 17. The predicted octanol–water partition coefficient (Wildman–Crippen LogP) is 11.0. The van der Waals surface area contributed by atoms with Crippen molar-refractivity contribution in [1.82, 2.24) is 0 Å². The van der Waals surface area contributed by atoms with Crippen molar-refractivity contribution in [1.29, 1.82) is 0 Å². The first-order valence-corrected chi connectivity index (χ1v) is 21.1. The van der Waals surface area contributed by atoms with Gasteiger partial charge in [0.1, 0.15) is 6.61 Å². The molecule has 2 unspecified atom stereocenters. The van der Waals surface area contributed by atoms with Crippen LogP contribution in [0.5, 0.6) is 0 Å². The summed E-state index contributed by atoms with van der Waals surface area (Å²) in [6, 6.07) is 0. The summed E-state index contributed by atoms with van der Waals surface area (Å²) in [5.74, 6) is -0.0283. The molecule has 0 heterocycles. The molecule has 298 valence electrons. The summed E-state index contributed by atoms with van der Waals surface area (Å²) >= 11 is 0. The average Bonchev–Trinajstić information content (AvgIpc) is 3.11. The van der Waals surface area contributed by atoms with Crippen LogP contribution in [0.4, 0.5) is 0 Å². The van der Waals surface area contributed by atoms with E-state index in [1.54, 1.807) is 0 Å². The highest BCUT2D eigenvalue weighted by molar-refractivity contribution is 5.70. The minimum Gasteiger partial charge on any atom is -0.462 e. The molecule has 51 heavy (non-hydrogen) atoms. The number of hydrogen-bond acceptors (Lipinski definition) is 7. The SMILES string of the molecule is CCCCC/C=C\C/C=C\C/C=C\CC(O)C(O)CCCC(=O)O[C@@H](CO)COC(=O)CCCCCCCCCCCCCCCCCC(C)C. The zero-order valence-electron chi connectivity index (χ0n) is 33.3. The van der Waals surface area contributed by atoms with Crippen LogP contribution in [-0.2, 0) is 19.1 Å². The maximum Gasteiger partial charge on any atom is 0.306 e. The van der Waals surface area contributed by atoms with Gasteiger partial charge in [-0.2, -0.15) is 0 Å². The Morgan fingerprint density at radius 3 is 1.63 bits per heavy atom. The van der Waals surface area contributed by atoms with Crippen LogP contribution in [-0.4, -0.2) is 58.8 Å². The number of aliphatic hydroxyl groups excluding tert-OH is 3. The van der Waals surface area contributed by atoms with Gasteiger partial charge in [0, 0.05) is 12.8 Å². The first-order valence-electron chi connectivity index (χ1n) is 21.1. The van der Waals surface area contributed by atoms with Crippen LogP contribution in [0.15, 0.2) is 36.5 Å². The van der Waals surface area contributed by atoms with E-state index in [2.05, 4.69) is 45.1 Å². The lowest BCUT2D eigenvalue weighted by molar-refractivity contribution is -0.161. The maximum absolute atomic E-state index is 12.2. The van der Waals surface area contributed by atoms with Crippen LogP contribution in [0.1, 0.15) is 194 Å². The van der Waals surface area contributed by atoms with Crippen LogP contribution < -0.4 is 0 Å². The normalized spacial score (nSPS) is 13.9. The Morgan fingerprint density at radius 2 is 1.08 bits per heavy atom. The Morgan fingerprint density at radius 1 is 0.569 bits per heavy atom. The molecular formula is C44H80O7. The Labute approximate surface area is 313 Å². The number of aliphatic hydroxyl groups is 3.